The minimum atomic E-state index is -0.109. The van der Waals surface area contributed by atoms with Gasteiger partial charge in [0, 0.05) is 19.6 Å². The van der Waals surface area contributed by atoms with Gasteiger partial charge in [0.1, 0.15) is 0 Å². The molecule has 2 N–H and O–H groups in total. The highest BCUT2D eigenvalue weighted by atomic mass is 35.5. The monoisotopic (exact) mass is 284 g/mol. The molecule has 1 aliphatic rings. The van der Waals surface area contributed by atoms with E-state index in [0.717, 1.165) is 25.9 Å². The third-order valence-corrected chi connectivity index (χ3v) is 2.94. The van der Waals surface area contributed by atoms with Crippen LogP contribution >= 0.6 is 11.6 Å². The second-order valence-electron chi connectivity index (χ2n) is 4.23. The highest BCUT2D eigenvalue weighted by Gasteiger charge is 2.17. The molecule has 1 aromatic heterocycles. The summed E-state index contributed by atoms with van der Waals surface area (Å²) < 4.78 is 0. The number of anilines is 2. The summed E-state index contributed by atoms with van der Waals surface area (Å²) in [5.74, 6) is 0.783. The number of rotatable bonds is 5. The second-order valence-corrected chi connectivity index (χ2v) is 4.57. The summed E-state index contributed by atoms with van der Waals surface area (Å²) in [6.07, 6.45) is 2.26. The fourth-order valence-corrected chi connectivity index (χ4v) is 2.05. The van der Waals surface area contributed by atoms with Crippen LogP contribution in [0.1, 0.15) is 19.8 Å². The lowest BCUT2D eigenvalue weighted by atomic mass is 10.4. The van der Waals surface area contributed by atoms with E-state index in [-0.39, 0.29) is 17.7 Å². The Morgan fingerprint density at radius 2 is 2.05 bits per heavy atom. The Kier molecular flexibility index (Phi) is 4.73. The number of carbonyl (C=O) groups excluding carboxylic acids is 1. The number of nitrogens with one attached hydrogen (secondary N) is 2. The summed E-state index contributed by atoms with van der Waals surface area (Å²) in [6, 6.07) is 0. The lowest BCUT2D eigenvalue weighted by Crippen LogP contribution is -2.30. The van der Waals surface area contributed by atoms with Crippen molar-refractivity contribution in [1.82, 2.24) is 20.3 Å². The zero-order valence-electron chi connectivity index (χ0n) is 10.8. The average molecular weight is 285 g/mol. The molecule has 104 valence electrons. The van der Waals surface area contributed by atoms with Crippen molar-refractivity contribution in [3.05, 3.63) is 5.28 Å². The molecule has 0 aliphatic carbocycles. The molecule has 1 amide bonds. The van der Waals surface area contributed by atoms with Crippen LogP contribution in [0.3, 0.4) is 0 Å². The molecule has 0 atom stereocenters. The SMILES string of the molecule is CCNC(=O)CNc1nc(Cl)nc(N2CCCC2)n1. The van der Waals surface area contributed by atoms with E-state index in [1.165, 1.54) is 0 Å². The molecule has 19 heavy (non-hydrogen) atoms. The van der Waals surface area contributed by atoms with Gasteiger partial charge in [0.15, 0.2) is 0 Å². The van der Waals surface area contributed by atoms with Crippen molar-refractivity contribution in [2.75, 3.05) is 36.4 Å². The van der Waals surface area contributed by atoms with Gasteiger partial charge in [-0.1, -0.05) is 0 Å². The molecule has 8 heteroatoms. The average Bonchev–Trinajstić information content (AvgIpc) is 2.90. The summed E-state index contributed by atoms with van der Waals surface area (Å²) in [4.78, 5) is 25.8. The summed E-state index contributed by atoms with van der Waals surface area (Å²) in [6.45, 7) is 4.43. The maximum absolute atomic E-state index is 11.4. The molecule has 0 bridgehead atoms. The molecular formula is C11H17ClN6O. The molecule has 0 unspecified atom stereocenters. The van der Waals surface area contributed by atoms with Gasteiger partial charge in [0.25, 0.3) is 0 Å². The molecule has 0 aromatic carbocycles. The molecule has 2 rings (SSSR count). The van der Waals surface area contributed by atoms with Crippen LogP contribution < -0.4 is 15.5 Å². The summed E-state index contributed by atoms with van der Waals surface area (Å²) >= 11 is 5.88. The number of carbonyl (C=O) groups is 1. The maximum atomic E-state index is 11.4. The quantitative estimate of drug-likeness (QED) is 0.827. The predicted molar refractivity (Wildman–Crippen MR) is 73.5 cm³/mol. The van der Waals surface area contributed by atoms with Gasteiger partial charge in [-0.2, -0.15) is 15.0 Å². The molecule has 1 aliphatic heterocycles. The Morgan fingerprint density at radius 3 is 2.74 bits per heavy atom. The third kappa shape index (κ3) is 3.92. The van der Waals surface area contributed by atoms with Crippen molar-refractivity contribution in [3.8, 4) is 0 Å². The first kappa shape index (κ1) is 13.8. The van der Waals surface area contributed by atoms with E-state index in [0.29, 0.717) is 18.4 Å². The Hall–Kier alpha value is -1.63. The Morgan fingerprint density at radius 1 is 1.32 bits per heavy atom. The van der Waals surface area contributed by atoms with Crippen LogP contribution in [0.15, 0.2) is 0 Å². The van der Waals surface area contributed by atoms with Gasteiger partial charge in [-0.3, -0.25) is 4.79 Å². The molecule has 2 heterocycles. The fourth-order valence-electron chi connectivity index (χ4n) is 1.90. The summed E-state index contributed by atoms with van der Waals surface area (Å²) in [5.41, 5.74) is 0. The van der Waals surface area contributed by atoms with Crippen molar-refractivity contribution in [1.29, 1.82) is 0 Å². The number of halogens is 1. The minimum absolute atomic E-state index is 0.109. The number of aromatic nitrogens is 3. The van der Waals surface area contributed by atoms with Crippen LogP contribution in [-0.2, 0) is 4.79 Å². The van der Waals surface area contributed by atoms with E-state index in [4.69, 9.17) is 11.6 Å². The molecule has 1 saturated heterocycles. The lowest BCUT2D eigenvalue weighted by Gasteiger charge is -2.15. The zero-order chi connectivity index (χ0) is 13.7. The van der Waals surface area contributed by atoms with Gasteiger partial charge in [-0.05, 0) is 31.4 Å². The first-order chi connectivity index (χ1) is 9.19. The Bertz CT molecular complexity index is 449. The largest absolute Gasteiger partial charge is 0.355 e. The Balaban J connectivity index is 2.02. The predicted octanol–water partition coefficient (Wildman–Crippen LogP) is 0.673. The molecule has 1 aromatic rings. The number of nitrogens with zero attached hydrogens (tertiary/aromatic N) is 4. The van der Waals surface area contributed by atoms with E-state index in [1.807, 2.05) is 6.92 Å². The van der Waals surface area contributed by atoms with E-state index >= 15 is 0 Å². The van der Waals surface area contributed by atoms with Crippen LogP contribution in [-0.4, -0.2) is 47.0 Å². The first-order valence-electron chi connectivity index (χ1n) is 6.36. The van der Waals surface area contributed by atoms with Crippen LogP contribution in [0.25, 0.3) is 0 Å². The van der Waals surface area contributed by atoms with E-state index in [2.05, 4.69) is 30.5 Å². The second kappa shape index (κ2) is 6.51. The number of amides is 1. The van der Waals surface area contributed by atoms with Crippen LogP contribution in [0.4, 0.5) is 11.9 Å². The number of hydrogen-bond acceptors (Lipinski definition) is 6. The topological polar surface area (TPSA) is 83.0 Å². The molecular weight excluding hydrogens is 268 g/mol. The van der Waals surface area contributed by atoms with E-state index in [9.17, 15) is 4.79 Å². The molecule has 1 fully saturated rings. The number of hydrogen-bond donors (Lipinski definition) is 2. The minimum Gasteiger partial charge on any atom is -0.355 e. The number of likely N-dealkylation sites (N-methyl/N-ethyl adjacent to an activating group) is 1. The smallest absolute Gasteiger partial charge is 0.239 e. The van der Waals surface area contributed by atoms with Gasteiger partial charge < -0.3 is 15.5 Å². The van der Waals surface area contributed by atoms with Gasteiger partial charge in [0.2, 0.25) is 23.1 Å². The van der Waals surface area contributed by atoms with Crippen molar-refractivity contribution in [3.63, 3.8) is 0 Å². The highest BCUT2D eigenvalue weighted by Crippen LogP contribution is 2.18. The van der Waals surface area contributed by atoms with Crippen molar-refractivity contribution >= 4 is 29.4 Å². The van der Waals surface area contributed by atoms with Crippen molar-refractivity contribution in [2.24, 2.45) is 0 Å². The summed E-state index contributed by atoms with van der Waals surface area (Å²) in [5, 5.41) is 5.67. The first-order valence-corrected chi connectivity index (χ1v) is 6.74. The van der Waals surface area contributed by atoms with Crippen LogP contribution in [0.5, 0.6) is 0 Å². The van der Waals surface area contributed by atoms with Crippen LogP contribution in [0.2, 0.25) is 5.28 Å². The van der Waals surface area contributed by atoms with Crippen molar-refractivity contribution < 1.29 is 4.79 Å². The lowest BCUT2D eigenvalue weighted by molar-refractivity contribution is -0.119. The molecule has 0 spiro atoms. The standard InChI is InChI=1S/C11H17ClN6O/c1-2-13-8(19)7-14-10-15-9(12)16-11(17-10)18-5-3-4-6-18/h2-7H2,1H3,(H,13,19)(H,14,15,16,17). The fraction of sp³-hybridized carbons (Fsp3) is 0.636. The van der Waals surface area contributed by atoms with Gasteiger partial charge in [-0.15, -0.1) is 0 Å². The molecule has 0 saturated carbocycles. The zero-order valence-corrected chi connectivity index (χ0v) is 11.6. The Labute approximate surface area is 116 Å². The maximum Gasteiger partial charge on any atom is 0.239 e. The van der Waals surface area contributed by atoms with Gasteiger partial charge in [-0.25, -0.2) is 0 Å². The van der Waals surface area contributed by atoms with Gasteiger partial charge >= 0.3 is 0 Å². The highest BCUT2D eigenvalue weighted by molar-refractivity contribution is 6.28. The van der Waals surface area contributed by atoms with E-state index < -0.39 is 0 Å². The third-order valence-electron chi connectivity index (χ3n) is 2.77. The molecule has 7 nitrogen and oxygen atoms in total. The van der Waals surface area contributed by atoms with E-state index in [1.54, 1.807) is 0 Å². The van der Waals surface area contributed by atoms with Gasteiger partial charge in [0.05, 0.1) is 6.54 Å². The van der Waals surface area contributed by atoms with Crippen LogP contribution in [0, 0.1) is 0 Å². The normalized spacial score (nSPS) is 14.5. The summed E-state index contributed by atoms with van der Waals surface area (Å²) in [7, 11) is 0. The molecule has 0 radical (unpaired) electrons. The van der Waals surface area contributed by atoms with Crippen molar-refractivity contribution in [2.45, 2.75) is 19.8 Å².